The molecule has 5 nitrogen and oxygen atoms in total. The molecule has 1 aromatic heterocycles. The number of nitrogens with zero attached hydrogens (tertiary/aromatic N) is 1. The summed E-state index contributed by atoms with van der Waals surface area (Å²) in [7, 11) is 0. The van der Waals surface area contributed by atoms with E-state index in [9.17, 15) is 8.76 Å². The van der Waals surface area contributed by atoms with Crippen LogP contribution < -0.4 is 10.5 Å². The average Bonchev–Trinajstić information content (AvgIpc) is 2.35. The molecule has 0 saturated carbocycles. The fourth-order valence-electron chi connectivity index (χ4n) is 2.02. The normalized spacial score (nSPS) is 12.7. The van der Waals surface area contributed by atoms with Crippen LogP contribution in [0.2, 0.25) is 0 Å². The van der Waals surface area contributed by atoms with E-state index in [1.165, 1.54) is 0 Å². The molecule has 3 rings (SSSR count). The SMILES string of the molecule is Nc1ccc2nc3ccc(NS(=O)[O-])cc3cc2c1. The molecule has 6 heteroatoms. The van der Waals surface area contributed by atoms with Crippen molar-refractivity contribution in [2.75, 3.05) is 10.5 Å². The van der Waals surface area contributed by atoms with Crippen LogP contribution in [0.25, 0.3) is 21.8 Å². The topological polar surface area (TPSA) is 91.1 Å². The van der Waals surface area contributed by atoms with Gasteiger partial charge in [0, 0.05) is 33.4 Å². The number of nitrogens with one attached hydrogen (secondary N) is 1. The molecule has 2 aromatic carbocycles. The Bertz CT molecular complexity index is 804. The fourth-order valence-corrected chi connectivity index (χ4v) is 2.34. The molecule has 0 saturated heterocycles. The number of hydrogen-bond acceptors (Lipinski definition) is 4. The van der Waals surface area contributed by atoms with E-state index in [-0.39, 0.29) is 0 Å². The number of aromatic nitrogens is 1. The van der Waals surface area contributed by atoms with Gasteiger partial charge in [-0.15, -0.1) is 0 Å². The third-order valence-electron chi connectivity index (χ3n) is 2.83. The van der Waals surface area contributed by atoms with E-state index in [0.29, 0.717) is 11.4 Å². The predicted molar refractivity (Wildman–Crippen MR) is 76.2 cm³/mol. The van der Waals surface area contributed by atoms with Gasteiger partial charge in [-0.1, -0.05) is 0 Å². The van der Waals surface area contributed by atoms with Crippen LogP contribution in [0.4, 0.5) is 11.4 Å². The molecular formula is C13H10N3O2S-. The van der Waals surface area contributed by atoms with E-state index in [4.69, 9.17) is 5.73 Å². The second-order valence-electron chi connectivity index (χ2n) is 4.18. The number of pyridine rings is 1. The summed E-state index contributed by atoms with van der Waals surface area (Å²) in [6.45, 7) is 0. The molecule has 1 unspecified atom stereocenters. The summed E-state index contributed by atoms with van der Waals surface area (Å²) in [4.78, 5) is 4.50. The lowest BCUT2D eigenvalue weighted by molar-refractivity contribution is 0.542. The van der Waals surface area contributed by atoms with Crippen LogP contribution in [0.5, 0.6) is 0 Å². The van der Waals surface area contributed by atoms with E-state index < -0.39 is 11.3 Å². The van der Waals surface area contributed by atoms with Crippen molar-refractivity contribution in [3.63, 3.8) is 0 Å². The number of benzene rings is 2. The standard InChI is InChI=1S/C13H11N3O2S/c14-10-1-3-12-8(6-10)5-9-7-11(16-19(17)18)2-4-13(9)15-12/h1-7,16H,14H2,(H,17,18)/p-1. The Morgan fingerprint density at radius 2 is 1.74 bits per heavy atom. The molecule has 0 amide bonds. The Hall–Kier alpha value is -2.18. The lowest BCUT2D eigenvalue weighted by atomic mass is 10.1. The first kappa shape index (κ1) is 11.9. The first-order valence-electron chi connectivity index (χ1n) is 5.58. The minimum atomic E-state index is -2.33. The van der Waals surface area contributed by atoms with Crippen molar-refractivity contribution in [3.8, 4) is 0 Å². The zero-order valence-electron chi connectivity index (χ0n) is 9.79. The first-order chi connectivity index (χ1) is 9.11. The number of fused-ring (bicyclic) bond motifs is 2. The molecule has 0 fully saturated rings. The highest BCUT2D eigenvalue weighted by molar-refractivity contribution is 7.80. The van der Waals surface area contributed by atoms with Gasteiger partial charge in [0.25, 0.3) is 0 Å². The average molecular weight is 272 g/mol. The number of anilines is 2. The smallest absolute Gasteiger partial charge is 0.0711 e. The van der Waals surface area contributed by atoms with Gasteiger partial charge < -0.3 is 15.0 Å². The van der Waals surface area contributed by atoms with Crippen molar-refractivity contribution in [1.82, 2.24) is 4.98 Å². The molecule has 0 aliphatic heterocycles. The minimum absolute atomic E-state index is 0.505. The van der Waals surface area contributed by atoms with Gasteiger partial charge in [-0.3, -0.25) is 4.21 Å². The van der Waals surface area contributed by atoms with Crippen molar-refractivity contribution >= 4 is 44.4 Å². The number of nitrogen functional groups attached to an aromatic ring is 1. The summed E-state index contributed by atoms with van der Waals surface area (Å²) in [5.74, 6) is 0. The lowest BCUT2D eigenvalue weighted by Crippen LogP contribution is -2.01. The van der Waals surface area contributed by atoms with Crippen LogP contribution in [0.1, 0.15) is 0 Å². The fraction of sp³-hybridized carbons (Fsp3) is 0. The zero-order chi connectivity index (χ0) is 13.4. The maximum absolute atomic E-state index is 10.6. The molecule has 3 N–H and O–H groups in total. The molecule has 0 spiro atoms. The second-order valence-corrected chi connectivity index (χ2v) is 4.86. The first-order valence-corrected chi connectivity index (χ1v) is 6.65. The Kier molecular flexibility index (Phi) is 2.81. The molecule has 1 atom stereocenters. The van der Waals surface area contributed by atoms with Crippen molar-refractivity contribution in [2.45, 2.75) is 0 Å². The van der Waals surface area contributed by atoms with Crippen LogP contribution >= 0.6 is 0 Å². The van der Waals surface area contributed by atoms with E-state index in [0.717, 1.165) is 21.8 Å². The summed E-state index contributed by atoms with van der Waals surface area (Å²) >= 11 is -2.33. The molecule has 0 radical (unpaired) electrons. The van der Waals surface area contributed by atoms with Gasteiger partial charge in [0.15, 0.2) is 0 Å². The predicted octanol–water partition coefficient (Wildman–Crippen LogP) is 2.18. The van der Waals surface area contributed by atoms with Crippen molar-refractivity contribution in [2.24, 2.45) is 0 Å². The maximum atomic E-state index is 10.6. The molecule has 1 heterocycles. The summed E-state index contributed by atoms with van der Waals surface area (Å²) < 4.78 is 23.6. The Labute approximate surface area is 111 Å². The minimum Gasteiger partial charge on any atom is -0.755 e. The van der Waals surface area contributed by atoms with Crippen molar-refractivity contribution in [1.29, 1.82) is 0 Å². The summed E-state index contributed by atoms with van der Waals surface area (Å²) in [6.07, 6.45) is 0. The molecule has 3 aromatic rings. The quantitative estimate of drug-likeness (QED) is 0.425. The van der Waals surface area contributed by atoms with Crippen molar-refractivity contribution in [3.05, 3.63) is 42.5 Å². The summed E-state index contributed by atoms with van der Waals surface area (Å²) in [6, 6.07) is 12.6. The van der Waals surface area contributed by atoms with Gasteiger partial charge in [0.05, 0.1) is 11.0 Å². The van der Waals surface area contributed by atoms with E-state index in [2.05, 4.69) is 9.71 Å². The van der Waals surface area contributed by atoms with Gasteiger partial charge in [0.1, 0.15) is 0 Å². The molecule has 0 bridgehead atoms. The van der Waals surface area contributed by atoms with Crippen LogP contribution in [-0.2, 0) is 11.3 Å². The molecule has 96 valence electrons. The van der Waals surface area contributed by atoms with E-state index >= 15 is 0 Å². The molecule has 19 heavy (non-hydrogen) atoms. The number of rotatable bonds is 2. The Morgan fingerprint density at radius 1 is 1.05 bits per heavy atom. The third-order valence-corrected chi connectivity index (χ3v) is 3.23. The number of nitrogens with two attached hydrogens (primary N) is 1. The zero-order valence-corrected chi connectivity index (χ0v) is 10.6. The maximum Gasteiger partial charge on any atom is 0.0711 e. The van der Waals surface area contributed by atoms with Crippen LogP contribution in [0.15, 0.2) is 42.5 Å². The van der Waals surface area contributed by atoms with Gasteiger partial charge in [-0.05, 0) is 42.5 Å². The monoisotopic (exact) mass is 272 g/mol. The van der Waals surface area contributed by atoms with E-state index in [1.54, 1.807) is 24.3 Å². The van der Waals surface area contributed by atoms with Gasteiger partial charge in [-0.2, -0.15) is 0 Å². The van der Waals surface area contributed by atoms with Crippen molar-refractivity contribution < 1.29 is 8.76 Å². The van der Waals surface area contributed by atoms with Crippen LogP contribution in [0, 0.1) is 0 Å². The highest BCUT2D eigenvalue weighted by atomic mass is 32.2. The molecule has 0 aliphatic carbocycles. The highest BCUT2D eigenvalue weighted by Crippen LogP contribution is 2.24. The summed E-state index contributed by atoms with van der Waals surface area (Å²) in [5.41, 5.74) is 8.58. The second kappa shape index (κ2) is 4.49. The summed E-state index contributed by atoms with van der Waals surface area (Å²) in [5, 5.41) is 1.78. The Balaban J connectivity index is 2.21. The van der Waals surface area contributed by atoms with Gasteiger partial charge >= 0.3 is 0 Å². The third kappa shape index (κ3) is 2.35. The van der Waals surface area contributed by atoms with Gasteiger partial charge in [0.2, 0.25) is 0 Å². The molecular weight excluding hydrogens is 262 g/mol. The number of hydrogen-bond donors (Lipinski definition) is 2. The lowest BCUT2D eigenvalue weighted by Gasteiger charge is -2.09. The Morgan fingerprint density at radius 3 is 2.47 bits per heavy atom. The van der Waals surface area contributed by atoms with E-state index in [1.807, 2.05) is 18.2 Å². The highest BCUT2D eigenvalue weighted by Gasteiger charge is 2.02. The van der Waals surface area contributed by atoms with Gasteiger partial charge in [-0.25, -0.2) is 4.98 Å². The molecule has 0 aliphatic rings. The van der Waals surface area contributed by atoms with Crippen LogP contribution in [0.3, 0.4) is 0 Å². The largest absolute Gasteiger partial charge is 0.755 e. The van der Waals surface area contributed by atoms with Crippen LogP contribution in [-0.4, -0.2) is 13.7 Å².